The highest BCUT2D eigenvalue weighted by molar-refractivity contribution is 5.61. The Morgan fingerprint density at radius 1 is 1.00 bits per heavy atom. The van der Waals surface area contributed by atoms with Crippen molar-refractivity contribution < 1.29 is 0 Å². The third kappa shape index (κ3) is 1.92. The third-order valence-electron chi connectivity index (χ3n) is 4.66. The van der Waals surface area contributed by atoms with Crippen LogP contribution in [0.2, 0.25) is 0 Å². The van der Waals surface area contributed by atoms with Crippen molar-refractivity contribution in [2.45, 2.75) is 50.5 Å². The highest BCUT2D eigenvalue weighted by Gasteiger charge is 2.32. The molecule has 0 atom stereocenters. The minimum absolute atomic E-state index is 0.577. The van der Waals surface area contributed by atoms with E-state index in [0.29, 0.717) is 12.0 Å². The standard InChI is InChI=1S/C17H21N3/c18-16-15(12-6-4-5-7-12)19-17(20(16)14-10-11-14)13-8-2-1-3-9-13/h1-3,8-9,12,14H,4-7,10-11,18H2. The van der Waals surface area contributed by atoms with Crippen LogP contribution in [0.3, 0.4) is 0 Å². The van der Waals surface area contributed by atoms with E-state index in [1.807, 2.05) is 0 Å². The molecule has 2 aliphatic carbocycles. The summed E-state index contributed by atoms with van der Waals surface area (Å²) >= 11 is 0. The van der Waals surface area contributed by atoms with Crippen molar-refractivity contribution in [2.75, 3.05) is 5.73 Å². The van der Waals surface area contributed by atoms with Gasteiger partial charge in [0.25, 0.3) is 0 Å². The van der Waals surface area contributed by atoms with E-state index < -0.39 is 0 Å². The number of anilines is 1. The summed E-state index contributed by atoms with van der Waals surface area (Å²) in [5.41, 5.74) is 8.81. The summed E-state index contributed by atoms with van der Waals surface area (Å²) < 4.78 is 2.29. The quantitative estimate of drug-likeness (QED) is 0.908. The molecule has 0 amide bonds. The molecule has 104 valence electrons. The number of benzene rings is 1. The van der Waals surface area contributed by atoms with Gasteiger partial charge in [-0.2, -0.15) is 0 Å². The number of hydrogen-bond donors (Lipinski definition) is 1. The minimum atomic E-state index is 0.577. The Labute approximate surface area is 119 Å². The molecule has 0 saturated heterocycles. The van der Waals surface area contributed by atoms with Crippen LogP contribution in [0.1, 0.15) is 56.2 Å². The lowest BCUT2D eigenvalue weighted by atomic mass is 10.0. The maximum absolute atomic E-state index is 6.46. The van der Waals surface area contributed by atoms with Crippen LogP contribution in [0.4, 0.5) is 5.82 Å². The first-order chi connectivity index (χ1) is 9.84. The Morgan fingerprint density at radius 2 is 1.70 bits per heavy atom. The predicted octanol–water partition coefficient (Wildman–Crippen LogP) is 4.12. The topological polar surface area (TPSA) is 43.8 Å². The van der Waals surface area contributed by atoms with Gasteiger partial charge in [0.05, 0.1) is 5.69 Å². The van der Waals surface area contributed by atoms with Gasteiger partial charge in [0.15, 0.2) is 0 Å². The van der Waals surface area contributed by atoms with Gasteiger partial charge in [0.2, 0.25) is 0 Å². The minimum Gasteiger partial charge on any atom is -0.384 e. The van der Waals surface area contributed by atoms with Crippen LogP contribution in [-0.4, -0.2) is 9.55 Å². The van der Waals surface area contributed by atoms with Gasteiger partial charge in [0.1, 0.15) is 11.6 Å². The van der Waals surface area contributed by atoms with Crippen molar-refractivity contribution in [3.05, 3.63) is 36.0 Å². The van der Waals surface area contributed by atoms with Gasteiger partial charge < -0.3 is 10.3 Å². The first-order valence-electron chi connectivity index (χ1n) is 7.77. The fourth-order valence-electron chi connectivity index (χ4n) is 3.46. The number of aromatic nitrogens is 2. The van der Waals surface area contributed by atoms with E-state index in [1.54, 1.807) is 0 Å². The highest BCUT2D eigenvalue weighted by atomic mass is 15.2. The average Bonchev–Trinajstić information content (AvgIpc) is 3.05. The van der Waals surface area contributed by atoms with Crippen LogP contribution in [-0.2, 0) is 0 Å². The van der Waals surface area contributed by atoms with Crippen LogP contribution in [0.15, 0.2) is 30.3 Å². The van der Waals surface area contributed by atoms with Crippen molar-refractivity contribution in [2.24, 2.45) is 0 Å². The monoisotopic (exact) mass is 267 g/mol. The second-order valence-corrected chi connectivity index (χ2v) is 6.15. The molecule has 0 unspecified atom stereocenters. The maximum atomic E-state index is 6.46. The molecule has 2 aliphatic rings. The van der Waals surface area contributed by atoms with E-state index >= 15 is 0 Å². The Balaban J connectivity index is 1.83. The van der Waals surface area contributed by atoms with Crippen molar-refractivity contribution in [3.63, 3.8) is 0 Å². The van der Waals surface area contributed by atoms with Gasteiger partial charge >= 0.3 is 0 Å². The Morgan fingerprint density at radius 3 is 2.35 bits per heavy atom. The molecule has 2 aromatic rings. The molecule has 1 aromatic heterocycles. The normalized spacial score (nSPS) is 19.6. The van der Waals surface area contributed by atoms with E-state index in [1.165, 1.54) is 44.1 Å². The molecule has 3 heteroatoms. The molecule has 1 heterocycles. The number of nitrogen functional groups attached to an aromatic ring is 1. The van der Waals surface area contributed by atoms with Crippen molar-refractivity contribution in [3.8, 4) is 11.4 Å². The van der Waals surface area contributed by atoms with Gasteiger partial charge in [0, 0.05) is 17.5 Å². The van der Waals surface area contributed by atoms with Crippen LogP contribution in [0.5, 0.6) is 0 Å². The van der Waals surface area contributed by atoms with Crippen LogP contribution < -0.4 is 5.73 Å². The Kier molecular flexibility index (Phi) is 2.79. The second-order valence-electron chi connectivity index (χ2n) is 6.15. The summed E-state index contributed by atoms with van der Waals surface area (Å²) in [6.45, 7) is 0. The van der Waals surface area contributed by atoms with Crippen LogP contribution >= 0.6 is 0 Å². The van der Waals surface area contributed by atoms with E-state index in [0.717, 1.165) is 17.3 Å². The van der Waals surface area contributed by atoms with Crippen molar-refractivity contribution in [1.82, 2.24) is 9.55 Å². The molecule has 0 radical (unpaired) electrons. The van der Waals surface area contributed by atoms with Gasteiger partial charge in [-0.25, -0.2) is 4.98 Å². The molecule has 0 spiro atoms. The zero-order chi connectivity index (χ0) is 13.5. The zero-order valence-electron chi connectivity index (χ0n) is 11.8. The third-order valence-corrected chi connectivity index (χ3v) is 4.66. The van der Waals surface area contributed by atoms with Gasteiger partial charge in [-0.15, -0.1) is 0 Å². The maximum Gasteiger partial charge on any atom is 0.142 e. The summed E-state index contributed by atoms with van der Waals surface area (Å²) in [5, 5.41) is 0. The molecular formula is C17H21N3. The Hall–Kier alpha value is -1.77. The van der Waals surface area contributed by atoms with Gasteiger partial charge in [-0.3, -0.25) is 0 Å². The molecule has 4 rings (SSSR count). The summed E-state index contributed by atoms with van der Waals surface area (Å²) in [5.74, 6) is 2.59. The summed E-state index contributed by atoms with van der Waals surface area (Å²) in [6.07, 6.45) is 7.62. The molecule has 2 saturated carbocycles. The predicted molar refractivity (Wildman–Crippen MR) is 81.6 cm³/mol. The van der Waals surface area contributed by atoms with E-state index in [4.69, 9.17) is 10.7 Å². The molecule has 3 nitrogen and oxygen atoms in total. The van der Waals surface area contributed by atoms with Gasteiger partial charge in [-0.1, -0.05) is 43.2 Å². The first kappa shape index (κ1) is 12.0. The molecule has 2 N–H and O–H groups in total. The summed E-state index contributed by atoms with van der Waals surface area (Å²) in [6, 6.07) is 11.1. The van der Waals surface area contributed by atoms with E-state index in [-0.39, 0.29) is 0 Å². The number of nitrogens with two attached hydrogens (primary N) is 1. The van der Waals surface area contributed by atoms with E-state index in [9.17, 15) is 0 Å². The average molecular weight is 267 g/mol. The number of imidazole rings is 1. The first-order valence-corrected chi connectivity index (χ1v) is 7.77. The van der Waals surface area contributed by atoms with Crippen LogP contribution in [0.25, 0.3) is 11.4 Å². The summed E-state index contributed by atoms with van der Waals surface area (Å²) in [7, 11) is 0. The molecular weight excluding hydrogens is 246 g/mol. The SMILES string of the molecule is Nc1c(C2CCCC2)nc(-c2ccccc2)n1C1CC1. The molecule has 0 aliphatic heterocycles. The molecule has 2 fully saturated rings. The molecule has 1 aromatic carbocycles. The van der Waals surface area contributed by atoms with Gasteiger partial charge in [-0.05, 0) is 25.7 Å². The largest absolute Gasteiger partial charge is 0.384 e. The van der Waals surface area contributed by atoms with Crippen molar-refractivity contribution in [1.29, 1.82) is 0 Å². The van der Waals surface area contributed by atoms with Crippen LogP contribution in [0, 0.1) is 0 Å². The number of rotatable bonds is 3. The van der Waals surface area contributed by atoms with Crippen molar-refractivity contribution >= 4 is 5.82 Å². The number of nitrogens with zero attached hydrogens (tertiary/aromatic N) is 2. The fourth-order valence-corrected chi connectivity index (χ4v) is 3.46. The number of hydrogen-bond acceptors (Lipinski definition) is 2. The van der Waals surface area contributed by atoms with E-state index in [2.05, 4.69) is 34.9 Å². The molecule has 20 heavy (non-hydrogen) atoms. The zero-order valence-corrected chi connectivity index (χ0v) is 11.8. The fraction of sp³-hybridized carbons (Fsp3) is 0.471. The smallest absolute Gasteiger partial charge is 0.142 e. The summed E-state index contributed by atoms with van der Waals surface area (Å²) in [4.78, 5) is 4.96. The lowest BCUT2D eigenvalue weighted by Crippen LogP contribution is -2.04. The molecule has 0 bridgehead atoms. The lowest BCUT2D eigenvalue weighted by molar-refractivity contribution is 0.701. The Bertz CT molecular complexity index is 605. The second kappa shape index (κ2) is 4.65. The highest BCUT2D eigenvalue weighted by Crippen LogP contribution is 2.45. The lowest BCUT2D eigenvalue weighted by Gasteiger charge is -2.09.